The van der Waals surface area contributed by atoms with Crippen LogP contribution in [-0.4, -0.2) is 13.0 Å². The highest BCUT2D eigenvalue weighted by Crippen LogP contribution is 2.26. The zero-order valence-corrected chi connectivity index (χ0v) is 13.3. The minimum Gasteiger partial charge on any atom is -0.496 e. The van der Waals surface area contributed by atoms with Gasteiger partial charge in [-0.15, -0.1) is 0 Å². The van der Waals surface area contributed by atoms with Crippen molar-refractivity contribution >= 4 is 39.1 Å². The first-order chi connectivity index (χ1) is 10.0. The number of anilines is 1. The Morgan fingerprint density at radius 1 is 1.33 bits per heavy atom. The molecule has 2 aromatic rings. The lowest BCUT2D eigenvalue weighted by atomic mass is 10.1. The molecule has 1 amide bonds. The lowest BCUT2D eigenvalue weighted by Gasteiger charge is -2.11. The van der Waals surface area contributed by atoms with Crippen LogP contribution < -0.4 is 10.1 Å². The molecule has 0 fully saturated rings. The van der Waals surface area contributed by atoms with Crippen LogP contribution in [0.1, 0.15) is 15.9 Å². The number of hydrogen-bond donors (Lipinski definition) is 1. The fourth-order valence-corrected chi connectivity index (χ4v) is 2.30. The van der Waals surface area contributed by atoms with Crippen molar-refractivity contribution in [3.8, 4) is 11.8 Å². The van der Waals surface area contributed by atoms with Gasteiger partial charge in [0, 0.05) is 9.50 Å². The summed E-state index contributed by atoms with van der Waals surface area (Å²) in [5.41, 5.74) is 1.08. The summed E-state index contributed by atoms with van der Waals surface area (Å²) in [5.74, 6) is 0.00866. The van der Waals surface area contributed by atoms with Crippen molar-refractivity contribution in [1.29, 1.82) is 5.26 Å². The van der Waals surface area contributed by atoms with Gasteiger partial charge < -0.3 is 10.1 Å². The summed E-state index contributed by atoms with van der Waals surface area (Å²) in [6.07, 6.45) is 0. The zero-order valence-electron chi connectivity index (χ0n) is 11.0. The highest BCUT2D eigenvalue weighted by atomic mass is 79.9. The molecular formula is C15H10BrClN2O2. The number of rotatable bonds is 3. The number of carbonyl (C=O) groups is 1. The molecule has 2 rings (SSSR count). The minimum atomic E-state index is -0.399. The van der Waals surface area contributed by atoms with E-state index in [0.717, 1.165) is 4.47 Å². The van der Waals surface area contributed by atoms with Crippen LogP contribution in [0, 0.1) is 11.3 Å². The van der Waals surface area contributed by atoms with Crippen molar-refractivity contribution in [2.75, 3.05) is 12.4 Å². The van der Waals surface area contributed by atoms with Crippen LogP contribution >= 0.6 is 27.5 Å². The van der Waals surface area contributed by atoms with Gasteiger partial charge in [0.2, 0.25) is 0 Å². The second kappa shape index (κ2) is 6.61. The molecule has 4 nitrogen and oxygen atoms in total. The molecule has 0 aliphatic heterocycles. The standard InChI is InChI=1S/C15H10BrClN2O2/c1-21-14-5-4-11(17)7-12(14)15(20)19-13-6-10(16)3-2-9(13)8-18/h2-7H,1H3,(H,19,20). The second-order valence-corrected chi connectivity index (χ2v) is 5.45. The van der Waals surface area contributed by atoms with E-state index in [4.69, 9.17) is 21.6 Å². The Kier molecular flexibility index (Phi) is 4.84. The molecule has 106 valence electrons. The van der Waals surface area contributed by atoms with Crippen LogP contribution in [0.5, 0.6) is 5.75 Å². The number of ether oxygens (including phenoxy) is 1. The first-order valence-electron chi connectivity index (χ1n) is 5.89. The third-order valence-electron chi connectivity index (χ3n) is 2.76. The first kappa shape index (κ1) is 15.4. The van der Waals surface area contributed by atoms with E-state index in [-0.39, 0.29) is 0 Å². The van der Waals surface area contributed by atoms with Gasteiger partial charge in [0.15, 0.2) is 0 Å². The molecule has 0 aliphatic rings. The Morgan fingerprint density at radius 2 is 2.10 bits per heavy atom. The van der Waals surface area contributed by atoms with Crippen molar-refractivity contribution in [2.24, 2.45) is 0 Å². The smallest absolute Gasteiger partial charge is 0.259 e. The summed E-state index contributed by atoms with van der Waals surface area (Å²) in [5, 5.41) is 12.2. The Balaban J connectivity index is 2.37. The molecular weight excluding hydrogens is 356 g/mol. The maximum atomic E-state index is 12.4. The molecule has 0 heterocycles. The molecule has 0 aliphatic carbocycles. The van der Waals surface area contributed by atoms with Crippen molar-refractivity contribution in [2.45, 2.75) is 0 Å². The van der Waals surface area contributed by atoms with Gasteiger partial charge in [-0.25, -0.2) is 0 Å². The summed E-state index contributed by atoms with van der Waals surface area (Å²) in [7, 11) is 1.47. The average Bonchev–Trinajstić information content (AvgIpc) is 2.47. The lowest BCUT2D eigenvalue weighted by Crippen LogP contribution is -2.14. The zero-order chi connectivity index (χ0) is 15.4. The number of amides is 1. The van der Waals surface area contributed by atoms with Gasteiger partial charge in [-0.05, 0) is 36.4 Å². The van der Waals surface area contributed by atoms with Crippen LogP contribution in [0.15, 0.2) is 40.9 Å². The van der Waals surface area contributed by atoms with Crippen molar-refractivity contribution in [3.63, 3.8) is 0 Å². The Hall–Kier alpha value is -2.03. The van der Waals surface area contributed by atoms with Crippen LogP contribution in [0.25, 0.3) is 0 Å². The van der Waals surface area contributed by atoms with Crippen molar-refractivity contribution < 1.29 is 9.53 Å². The van der Waals surface area contributed by atoms with E-state index in [9.17, 15) is 4.79 Å². The Bertz CT molecular complexity index is 741. The number of hydrogen-bond acceptors (Lipinski definition) is 3. The van der Waals surface area contributed by atoms with Crippen LogP contribution in [0.4, 0.5) is 5.69 Å². The van der Waals surface area contributed by atoms with Crippen LogP contribution in [0.2, 0.25) is 5.02 Å². The SMILES string of the molecule is COc1ccc(Cl)cc1C(=O)Nc1cc(Br)ccc1C#N. The minimum absolute atomic E-state index is 0.300. The molecule has 0 spiro atoms. The van der Waals surface area contributed by atoms with Crippen molar-refractivity contribution in [3.05, 3.63) is 57.0 Å². The van der Waals surface area contributed by atoms with Gasteiger partial charge in [-0.3, -0.25) is 4.79 Å². The number of nitrogens with one attached hydrogen (secondary N) is 1. The summed E-state index contributed by atoms with van der Waals surface area (Å²) >= 11 is 9.21. The molecule has 0 saturated carbocycles. The maximum absolute atomic E-state index is 12.4. The predicted molar refractivity (Wildman–Crippen MR) is 84.8 cm³/mol. The Morgan fingerprint density at radius 3 is 2.76 bits per heavy atom. The monoisotopic (exact) mass is 364 g/mol. The molecule has 0 unspecified atom stereocenters. The molecule has 0 saturated heterocycles. The number of methoxy groups -OCH3 is 1. The molecule has 1 N–H and O–H groups in total. The summed E-state index contributed by atoms with van der Waals surface area (Å²) < 4.78 is 5.90. The van der Waals surface area contributed by atoms with Gasteiger partial charge >= 0.3 is 0 Å². The summed E-state index contributed by atoms with van der Waals surface area (Å²) in [4.78, 5) is 12.4. The van der Waals surface area contributed by atoms with Gasteiger partial charge in [-0.2, -0.15) is 5.26 Å². The fraction of sp³-hybridized carbons (Fsp3) is 0.0667. The first-order valence-corrected chi connectivity index (χ1v) is 7.07. The van der Waals surface area contributed by atoms with Gasteiger partial charge in [0.25, 0.3) is 5.91 Å². The lowest BCUT2D eigenvalue weighted by molar-refractivity contribution is 0.102. The topological polar surface area (TPSA) is 62.1 Å². The van der Waals surface area contributed by atoms with E-state index in [2.05, 4.69) is 21.2 Å². The van der Waals surface area contributed by atoms with Gasteiger partial charge in [0.05, 0.1) is 23.9 Å². The average molecular weight is 366 g/mol. The molecule has 6 heteroatoms. The van der Waals surface area contributed by atoms with E-state index in [1.165, 1.54) is 13.2 Å². The fourth-order valence-electron chi connectivity index (χ4n) is 1.76. The van der Waals surface area contributed by atoms with E-state index in [1.54, 1.807) is 30.3 Å². The molecule has 2 aromatic carbocycles. The van der Waals surface area contributed by atoms with Gasteiger partial charge in [0.1, 0.15) is 11.8 Å². The second-order valence-electron chi connectivity index (χ2n) is 4.10. The predicted octanol–water partition coefficient (Wildman–Crippen LogP) is 4.24. The van der Waals surface area contributed by atoms with E-state index in [1.807, 2.05) is 6.07 Å². The van der Waals surface area contributed by atoms with Crippen LogP contribution in [0.3, 0.4) is 0 Å². The summed E-state index contributed by atoms with van der Waals surface area (Å²) in [6, 6.07) is 11.8. The van der Waals surface area contributed by atoms with E-state index in [0.29, 0.717) is 27.6 Å². The maximum Gasteiger partial charge on any atom is 0.259 e. The van der Waals surface area contributed by atoms with E-state index >= 15 is 0 Å². The number of halogens is 2. The molecule has 0 bridgehead atoms. The molecule has 0 atom stereocenters. The number of nitriles is 1. The third-order valence-corrected chi connectivity index (χ3v) is 3.48. The van der Waals surface area contributed by atoms with Crippen molar-refractivity contribution in [1.82, 2.24) is 0 Å². The Labute approximate surface area is 135 Å². The number of carbonyl (C=O) groups excluding carboxylic acids is 1. The van der Waals surface area contributed by atoms with Crippen LogP contribution in [-0.2, 0) is 0 Å². The normalized spacial score (nSPS) is 9.81. The number of nitrogens with zero attached hydrogens (tertiary/aromatic N) is 1. The third kappa shape index (κ3) is 3.54. The number of benzene rings is 2. The quantitative estimate of drug-likeness (QED) is 0.885. The largest absolute Gasteiger partial charge is 0.496 e. The molecule has 0 aromatic heterocycles. The van der Waals surface area contributed by atoms with Gasteiger partial charge in [-0.1, -0.05) is 27.5 Å². The molecule has 0 radical (unpaired) electrons. The highest BCUT2D eigenvalue weighted by Gasteiger charge is 2.15. The van der Waals surface area contributed by atoms with E-state index < -0.39 is 5.91 Å². The summed E-state index contributed by atoms with van der Waals surface area (Å²) in [6.45, 7) is 0. The molecule has 21 heavy (non-hydrogen) atoms. The highest BCUT2D eigenvalue weighted by molar-refractivity contribution is 9.10.